The summed E-state index contributed by atoms with van der Waals surface area (Å²) in [6.07, 6.45) is 9.56. The molecule has 1 atom stereocenters. The van der Waals surface area contributed by atoms with E-state index in [9.17, 15) is 9.59 Å². The molecule has 1 fully saturated rings. The van der Waals surface area contributed by atoms with E-state index in [1.807, 2.05) is 36.5 Å². The molecule has 1 saturated heterocycles. The van der Waals surface area contributed by atoms with Gasteiger partial charge in [0.05, 0.1) is 11.9 Å². The minimum Gasteiger partial charge on any atom is -0.331 e. The van der Waals surface area contributed by atoms with Crippen LogP contribution < -0.4 is 5.32 Å². The van der Waals surface area contributed by atoms with Crippen LogP contribution in [0.1, 0.15) is 24.8 Å². The topological polar surface area (TPSA) is 95.9 Å². The smallest absolute Gasteiger partial charge is 0.247 e. The summed E-state index contributed by atoms with van der Waals surface area (Å²) < 4.78 is 1.73. The summed E-state index contributed by atoms with van der Waals surface area (Å²) in [6, 6.07) is 8.91. The Morgan fingerprint density at radius 1 is 1.29 bits per heavy atom. The van der Waals surface area contributed by atoms with Crippen molar-refractivity contribution in [1.82, 2.24) is 24.9 Å². The van der Waals surface area contributed by atoms with Gasteiger partial charge in [0.1, 0.15) is 6.04 Å². The van der Waals surface area contributed by atoms with E-state index in [4.69, 9.17) is 0 Å². The highest BCUT2D eigenvalue weighted by molar-refractivity contribution is 5.97. The third kappa shape index (κ3) is 3.95. The first kappa shape index (κ1) is 18.0. The fraction of sp³-hybridized carbons (Fsp3) is 0.300. The van der Waals surface area contributed by atoms with Gasteiger partial charge < -0.3 is 10.2 Å². The molecule has 0 aliphatic carbocycles. The molecule has 2 aromatic heterocycles. The maximum absolute atomic E-state index is 12.8. The van der Waals surface area contributed by atoms with Gasteiger partial charge in [0.15, 0.2) is 0 Å². The van der Waals surface area contributed by atoms with Gasteiger partial charge in [0.25, 0.3) is 0 Å². The molecular formula is C20H22N6O2. The van der Waals surface area contributed by atoms with E-state index in [1.54, 1.807) is 28.2 Å². The first-order chi connectivity index (χ1) is 13.7. The van der Waals surface area contributed by atoms with E-state index >= 15 is 0 Å². The van der Waals surface area contributed by atoms with E-state index in [2.05, 4.69) is 20.6 Å². The van der Waals surface area contributed by atoms with Crippen LogP contribution in [0.15, 0.2) is 55.1 Å². The first-order valence-corrected chi connectivity index (χ1v) is 9.39. The van der Waals surface area contributed by atoms with Gasteiger partial charge in [-0.1, -0.05) is 6.07 Å². The second-order valence-corrected chi connectivity index (χ2v) is 6.84. The highest BCUT2D eigenvalue weighted by atomic mass is 16.2. The molecule has 144 valence electrons. The number of rotatable bonds is 6. The first-order valence-electron chi connectivity index (χ1n) is 9.39. The Morgan fingerprint density at radius 3 is 3.00 bits per heavy atom. The molecule has 3 heterocycles. The maximum atomic E-state index is 12.8. The van der Waals surface area contributed by atoms with E-state index in [0.29, 0.717) is 31.5 Å². The lowest BCUT2D eigenvalue weighted by atomic mass is 10.1. The Kier molecular flexibility index (Phi) is 5.18. The molecule has 8 nitrogen and oxygen atoms in total. The van der Waals surface area contributed by atoms with Crippen molar-refractivity contribution in [2.45, 2.75) is 31.7 Å². The van der Waals surface area contributed by atoms with Crippen LogP contribution in [0.2, 0.25) is 0 Å². The van der Waals surface area contributed by atoms with Gasteiger partial charge in [0.2, 0.25) is 11.8 Å². The molecule has 1 aliphatic rings. The summed E-state index contributed by atoms with van der Waals surface area (Å²) in [5, 5.41) is 13.8. The van der Waals surface area contributed by atoms with Gasteiger partial charge in [-0.3, -0.25) is 14.7 Å². The summed E-state index contributed by atoms with van der Waals surface area (Å²) in [4.78, 5) is 27.1. The number of nitrogens with zero attached hydrogens (tertiary/aromatic N) is 4. The number of carbonyl (C=O) groups excluding carboxylic acids is 2. The molecule has 8 heteroatoms. The van der Waals surface area contributed by atoms with Crippen LogP contribution >= 0.6 is 0 Å². The molecule has 0 saturated carbocycles. The number of likely N-dealkylation sites (tertiary alicyclic amines) is 1. The number of amides is 2. The molecule has 0 unspecified atom stereocenters. The van der Waals surface area contributed by atoms with E-state index < -0.39 is 6.04 Å². The van der Waals surface area contributed by atoms with Gasteiger partial charge in [-0.2, -0.15) is 10.2 Å². The summed E-state index contributed by atoms with van der Waals surface area (Å²) in [5.41, 5.74) is 2.54. The number of aryl methyl sites for hydroxylation is 1. The standard InChI is InChI=1S/C20H22N6O2/c27-19(8-7-15-13-21-22-14-15)25-10-2-6-18(25)20(28)24-16-4-1-5-17(12-16)26-11-3-9-23-26/h1,3-5,9,11-14,18H,2,6-8,10H2,(H,21,22)(H,24,28)/t18-/m1/s1. The molecule has 1 aromatic carbocycles. The fourth-order valence-electron chi connectivity index (χ4n) is 3.52. The number of anilines is 1. The molecule has 2 N–H and O–H groups in total. The van der Waals surface area contributed by atoms with Gasteiger partial charge in [0, 0.05) is 37.2 Å². The minimum absolute atomic E-state index is 0.00384. The molecule has 0 spiro atoms. The number of benzene rings is 1. The minimum atomic E-state index is -0.426. The summed E-state index contributed by atoms with van der Waals surface area (Å²) in [6.45, 7) is 0.621. The zero-order chi connectivity index (χ0) is 19.3. The molecule has 2 amide bonds. The monoisotopic (exact) mass is 378 g/mol. The van der Waals surface area contributed by atoms with Crippen LogP contribution in [0.25, 0.3) is 5.69 Å². The number of hydrogen-bond acceptors (Lipinski definition) is 4. The molecule has 0 radical (unpaired) electrons. The highest BCUT2D eigenvalue weighted by Crippen LogP contribution is 2.21. The van der Waals surface area contributed by atoms with Crippen molar-refractivity contribution in [3.8, 4) is 5.69 Å². The van der Waals surface area contributed by atoms with E-state index in [1.165, 1.54) is 0 Å². The van der Waals surface area contributed by atoms with Crippen LogP contribution in [0.3, 0.4) is 0 Å². The SMILES string of the molecule is O=C(Nc1cccc(-n2cccn2)c1)[C@H]1CCCN1C(=O)CCc1cn[nH]c1. The van der Waals surface area contributed by atoms with Gasteiger partial charge in [-0.25, -0.2) is 4.68 Å². The number of nitrogens with one attached hydrogen (secondary N) is 2. The number of hydrogen-bond donors (Lipinski definition) is 2. The van der Waals surface area contributed by atoms with Crippen molar-refractivity contribution >= 4 is 17.5 Å². The van der Waals surface area contributed by atoms with Crippen molar-refractivity contribution in [3.05, 3.63) is 60.7 Å². The Morgan fingerprint density at radius 2 is 2.21 bits per heavy atom. The maximum Gasteiger partial charge on any atom is 0.247 e. The molecule has 4 rings (SSSR count). The van der Waals surface area contributed by atoms with Gasteiger partial charge >= 0.3 is 0 Å². The van der Waals surface area contributed by atoms with Crippen LogP contribution in [-0.2, 0) is 16.0 Å². The lowest BCUT2D eigenvalue weighted by Crippen LogP contribution is -2.43. The van der Waals surface area contributed by atoms with E-state index in [0.717, 1.165) is 17.7 Å². The normalized spacial score (nSPS) is 16.3. The summed E-state index contributed by atoms with van der Waals surface area (Å²) in [7, 11) is 0. The second-order valence-electron chi connectivity index (χ2n) is 6.84. The number of H-pyrrole nitrogens is 1. The second kappa shape index (κ2) is 8.08. The number of aromatic nitrogens is 4. The number of aromatic amines is 1. The van der Waals surface area contributed by atoms with Crippen molar-refractivity contribution in [2.24, 2.45) is 0 Å². The Bertz CT molecular complexity index is 936. The zero-order valence-electron chi connectivity index (χ0n) is 15.4. The third-order valence-corrected chi connectivity index (χ3v) is 4.94. The molecule has 0 bridgehead atoms. The highest BCUT2D eigenvalue weighted by Gasteiger charge is 2.33. The average molecular weight is 378 g/mol. The summed E-state index contributed by atoms with van der Waals surface area (Å²) >= 11 is 0. The van der Waals surface area contributed by atoms with Crippen molar-refractivity contribution in [2.75, 3.05) is 11.9 Å². The van der Waals surface area contributed by atoms with Crippen LogP contribution in [0.5, 0.6) is 0 Å². The fourth-order valence-corrected chi connectivity index (χ4v) is 3.52. The largest absolute Gasteiger partial charge is 0.331 e. The third-order valence-electron chi connectivity index (χ3n) is 4.94. The molecule has 3 aromatic rings. The van der Waals surface area contributed by atoms with E-state index in [-0.39, 0.29) is 11.8 Å². The molecular weight excluding hydrogens is 356 g/mol. The van der Waals surface area contributed by atoms with Crippen molar-refractivity contribution in [3.63, 3.8) is 0 Å². The van der Waals surface area contributed by atoms with Gasteiger partial charge in [-0.05, 0) is 49.1 Å². The average Bonchev–Trinajstić information content (AvgIpc) is 3.49. The quantitative estimate of drug-likeness (QED) is 0.687. The molecule has 1 aliphatic heterocycles. The Hall–Kier alpha value is -3.42. The Labute approximate surface area is 162 Å². The summed E-state index contributed by atoms with van der Waals surface area (Å²) in [5.74, 6) is -0.143. The van der Waals surface area contributed by atoms with Crippen LogP contribution in [0, 0.1) is 0 Å². The molecule has 28 heavy (non-hydrogen) atoms. The van der Waals surface area contributed by atoms with Crippen molar-refractivity contribution in [1.29, 1.82) is 0 Å². The van der Waals surface area contributed by atoms with Crippen molar-refractivity contribution < 1.29 is 9.59 Å². The lowest BCUT2D eigenvalue weighted by molar-refractivity contribution is -0.136. The predicted molar refractivity (Wildman–Crippen MR) is 104 cm³/mol. The zero-order valence-corrected chi connectivity index (χ0v) is 15.4. The predicted octanol–water partition coefficient (Wildman–Crippen LogP) is 2.16. The van der Waals surface area contributed by atoms with Gasteiger partial charge in [-0.15, -0.1) is 0 Å². The van der Waals surface area contributed by atoms with Crippen LogP contribution in [0.4, 0.5) is 5.69 Å². The Balaban J connectivity index is 1.39. The van der Waals surface area contributed by atoms with Crippen LogP contribution in [-0.4, -0.2) is 49.3 Å². The number of carbonyl (C=O) groups is 2. The lowest BCUT2D eigenvalue weighted by Gasteiger charge is -2.24.